The zero-order valence-corrected chi connectivity index (χ0v) is 9.82. The summed E-state index contributed by atoms with van der Waals surface area (Å²) in [6.07, 6.45) is 0. The van der Waals surface area contributed by atoms with Gasteiger partial charge in [0.15, 0.2) is 11.6 Å². The fourth-order valence-corrected chi connectivity index (χ4v) is 1.57. The fraction of sp³-hybridized carbons (Fsp3) is 0. The Kier molecular flexibility index (Phi) is 3.48. The topological polar surface area (TPSA) is 46.5 Å². The molecule has 2 aromatic rings. The van der Waals surface area contributed by atoms with E-state index in [0.29, 0.717) is 5.02 Å². The molecule has 0 aliphatic carbocycles. The van der Waals surface area contributed by atoms with E-state index in [4.69, 9.17) is 21.4 Å². The first-order chi connectivity index (χ1) is 8.58. The zero-order chi connectivity index (χ0) is 13.1. The SMILES string of the molecule is O=C(O)c1ccc(Cl)cc1Oc1ccccc1F. The van der Waals surface area contributed by atoms with Gasteiger partial charge in [0.25, 0.3) is 0 Å². The summed E-state index contributed by atoms with van der Waals surface area (Å²) in [6, 6.07) is 9.79. The van der Waals surface area contributed by atoms with Gasteiger partial charge in [-0.1, -0.05) is 23.7 Å². The van der Waals surface area contributed by atoms with E-state index in [0.717, 1.165) is 0 Å². The number of hydrogen-bond acceptors (Lipinski definition) is 2. The lowest BCUT2D eigenvalue weighted by molar-refractivity contribution is 0.0694. The van der Waals surface area contributed by atoms with E-state index in [9.17, 15) is 9.18 Å². The first-order valence-electron chi connectivity index (χ1n) is 5.03. The van der Waals surface area contributed by atoms with Crippen LogP contribution in [-0.2, 0) is 0 Å². The largest absolute Gasteiger partial charge is 0.478 e. The number of carbonyl (C=O) groups is 1. The number of halogens is 2. The van der Waals surface area contributed by atoms with E-state index < -0.39 is 11.8 Å². The maximum Gasteiger partial charge on any atom is 0.339 e. The van der Waals surface area contributed by atoms with E-state index >= 15 is 0 Å². The zero-order valence-electron chi connectivity index (χ0n) is 9.06. The van der Waals surface area contributed by atoms with Crippen molar-refractivity contribution in [2.75, 3.05) is 0 Å². The van der Waals surface area contributed by atoms with Crippen molar-refractivity contribution in [2.24, 2.45) is 0 Å². The van der Waals surface area contributed by atoms with Crippen LogP contribution in [0, 0.1) is 5.82 Å². The highest BCUT2D eigenvalue weighted by molar-refractivity contribution is 6.30. The van der Waals surface area contributed by atoms with Crippen molar-refractivity contribution >= 4 is 17.6 Å². The molecule has 18 heavy (non-hydrogen) atoms. The number of carboxylic acids is 1. The molecular weight excluding hydrogens is 259 g/mol. The van der Waals surface area contributed by atoms with E-state index in [2.05, 4.69) is 0 Å². The molecule has 0 bridgehead atoms. The first-order valence-corrected chi connectivity index (χ1v) is 5.41. The summed E-state index contributed by atoms with van der Waals surface area (Å²) in [6.45, 7) is 0. The molecule has 0 aromatic heterocycles. The van der Waals surface area contributed by atoms with Crippen LogP contribution in [0.1, 0.15) is 10.4 Å². The monoisotopic (exact) mass is 266 g/mol. The maximum atomic E-state index is 13.4. The van der Waals surface area contributed by atoms with Crippen molar-refractivity contribution in [3.63, 3.8) is 0 Å². The van der Waals surface area contributed by atoms with Gasteiger partial charge in [0.2, 0.25) is 0 Å². The van der Waals surface area contributed by atoms with Crippen LogP contribution in [0.3, 0.4) is 0 Å². The lowest BCUT2D eigenvalue weighted by Gasteiger charge is -2.09. The third-order valence-corrected chi connectivity index (χ3v) is 2.47. The van der Waals surface area contributed by atoms with Gasteiger partial charge in [0.1, 0.15) is 11.3 Å². The predicted molar refractivity (Wildman–Crippen MR) is 64.9 cm³/mol. The van der Waals surface area contributed by atoms with Gasteiger partial charge in [-0.25, -0.2) is 9.18 Å². The van der Waals surface area contributed by atoms with Crippen LogP contribution in [0.25, 0.3) is 0 Å². The van der Waals surface area contributed by atoms with Crippen molar-refractivity contribution in [1.29, 1.82) is 0 Å². The lowest BCUT2D eigenvalue weighted by atomic mass is 10.2. The van der Waals surface area contributed by atoms with Crippen LogP contribution in [0.2, 0.25) is 5.02 Å². The molecule has 0 aliphatic rings. The molecular formula is C13H8ClFO3. The number of carboxylic acid groups (broad SMARTS) is 1. The van der Waals surface area contributed by atoms with E-state index in [-0.39, 0.29) is 17.1 Å². The third-order valence-electron chi connectivity index (χ3n) is 2.23. The third kappa shape index (κ3) is 2.60. The molecule has 92 valence electrons. The average molecular weight is 267 g/mol. The first kappa shape index (κ1) is 12.4. The Hall–Kier alpha value is -2.07. The number of ether oxygens (including phenoxy) is 1. The van der Waals surface area contributed by atoms with Gasteiger partial charge < -0.3 is 9.84 Å². The highest BCUT2D eigenvalue weighted by Gasteiger charge is 2.14. The summed E-state index contributed by atoms with van der Waals surface area (Å²) >= 11 is 5.76. The Morgan fingerprint density at radius 1 is 1.17 bits per heavy atom. The minimum atomic E-state index is -1.17. The molecule has 0 saturated heterocycles. The van der Waals surface area contributed by atoms with Crippen molar-refractivity contribution in [3.8, 4) is 11.5 Å². The molecule has 2 rings (SSSR count). The fourth-order valence-electron chi connectivity index (χ4n) is 1.40. The number of benzene rings is 2. The molecule has 5 heteroatoms. The van der Waals surface area contributed by atoms with E-state index in [1.54, 1.807) is 6.07 Å². The Morgan fingerprint density at radius 2 is 1.89 bits per heavy atom. The summed E-state index contributed by atoms with van der Waals surface area (Å²) in [5, 5.41) is 9.30. The number of para-hydroxylation sites is 1. The predicted octanol–water partition coefficient (Wildman–Crippen LogP) is 3.97. The molecule has 2 aromatic carbocycles. The van der Waals surface area contributed by atoms with Crippen LogP contribution in [0.5, 0.6) is 11.5 Å². The Bertz CT molecular complexity index is 599. The Labute approximate surface area is 107 Å². The van der Waals surface area contributed by atoms with Gasteiger partial charge >= 0.3 is 5.97 Å². The molecule has 0 atom stereocenters. The molecule has 3 nitrogen and oxygen atoms in total. The lowest BCUT2D eigenvalue weighted by Crippen LogP contribution is -2.00. The number of hydrogen-bond donors (Lipinski definition) is 1. The molecule has 0 radical (unpaired) electrons. The highest BCUT2D eigenvalue weighted by atomic mass is 35.5. The van der Waals surface area contributed by atoms with Crippen LogP contribution in [-0.4, -0.2) is 11.1 Å². The molecule has 0 saturated carbocycles. The van der Waals surface area contributed by atoms with E-state index in [1.807, 2.05) is 0 Å². The normalized spacial score (nSPS) is 10.1. The van der Waals surface area contributed by atoms with Gasteiger partial charge in [-0.2, -0.15) is 0 Å². The van der Waals surface area contributed by atoms with Gasteiger partial charge in [0.05, 0.1) is 0 Å². The Balaban J connectivity index is 2.42. The van der Waals surface area contributed by atoms with Crippen LogP contribution in [0.4, 0.5) is 4.39 Å². The second-order valence-corrected chi connectivity index (χ2v) is 3.91. The van der Waals surface area contributed by atoms with Gasteiger partial charge in [-0.15, -0.1) is 0 Å². The summed E-state index contributed by atoms with van der Waals surface area (Å²) in [5.41, 5.74) is -0.0809. The molecule has 0 aliphatic heterocycles. The molecule has 0 unspecified atom stereocenters. The summed E-state index contributed by atoms with van der Waals surface area (Å²) < 4.78 is 18.6. The van der Waals surface area contributed by atoms with Crippen molar-refractivity contribution in [3.05, 3.63) is 58.9 Å². The number of rotatable bonds is 3. The van der Waals surface area contributed by atoms with Crippen LogP contribution < -0.4 is 4.74 Å². The summed E-state index contributed by atoms with van der Waals surface area (Å²) in [7, 11) is 0. The second-order valence-electron chi connectivity index (χ2n) is 3.48. The van der Waals surface area contributed by atoms with Gasteiger partial charge in [-0.3, -0.25) is 0 Å². The summed E-state index contributed by atoms with van der Waals surface area (Å²) in [5.74, 6) is -1.80. The smallest absolute Gasteiger partial charge is 0.339 e. The van der Waals surface area contributed by atoms with Crippen molar-refractivity contribution in [2.45, 2.75) is 0 Å². The minimum absolute atomic E-state index is 0.0000926. The maximum absolute atomic E-state index is 13.4. The van der Waals surface area contributed by atoms with Crippen LogP contribution in [0.15, 0.2) is 42.5 Å². The molecule has 0 amide bonds. The highest BCUT2D eigenvalue weighted by Crippen LogP contribution is 2.29. The molecule has 0 heterocycles. The average Bonchev–Trinajstić information content (AvgIpc) is 2.32. The number of aromatic carboxylic acids is 1. The standard InChI is InChI=1S/C13H8ClFO3/c14-8-5-6-9(13(16)17)12(7-8)18-11-4-2-1-3-10(11)15/h1-7H,(H,16,17). The summed E-state index contributed by atoms with van der Waals surface area (Å²) in [4.78, 5) is 11.0. The Morgan fingerprint density at radius 3 is 2.56 bits per heavy atom. The minimum Gasteiger partial charge on any atom is -0.478 e. The van der Waals surface area contributed by atoms with Crippen molar-refractivity contribution in [1.82, 2.24) is 0 Å². The van der Waals surface area contributed by atoms with Crippen molar-refractivity contribution < 1.29 is 19.0 Å². The quantitative estimate of drug-likeness (QED) is 0.914. The van der Waals surface area contributed by atoms with Gasteiger partial charge in [-0.05, 0) is 24.3 Å². The molecule has 0 spiro atoms. The second kappa shape index (κ2) is 5.06. The van der Waals surface area contributed by atoms with Gasteiger partial charge in [0, 0.05) is 11.1 Å². The molecule has 1 N–H and O–H groups in total. The van der Waals surface area contributed by atoms with Crippen LogP contribution >= 0.6 is 11.6 Å². The molecule has 0 fully saturated rings. The van der Waals surface area contributed by atoms with E-state index in [1.165, 1.54) is 36.4 Å².